The van der Waals surface area contributed by atoms with E-state index < -0.39 is 0 Å². The summed E-state index contributed by atoms with van der Waals surface area (Å²) in [5.74, 6) is 0.908. The third-order valence-electron chi connectivity index (χ3n) is 7.92. The fourth-order valence-corrected chi connectivity index (χ4v) is 5.48. The minimum absolute atomic E-state index is 0.0391. The molecule has 1 saturated carbocycles. The molecule has 0 radical (unpaired) electrons. The molecule has 1 aliphatic rings. The summed E-state index contributed by atoms with van der Waals surface area (Å²) in [5.41, 5.74) is 5.07. The van der Waals surface area contributed by atoms with Gasteiger partial charge in [-0.25, -0.2) is 0 Å². The van der Waals surface area contributed by atoms with Crippen LogP contribution in [0.15, 0.2) is 48.5 Å². The van der Waals surface area contributed by atoms with E-state index in [1.165, 1.54) is 22.3 Å². The van der Waals surface area contributed by atoms with E-state index in [2.05, 4.69) is 76.2 Å². The molecule has 3 rings (SSSR count). The Hall–Kier alpha value is -2.62. The molecule has 2 aromatic carbocycles. The molecule has 2 amide bonds. The average Bonchev–Trinajstić information content (AvgIpc) is 2.90. The molecule has 4 heteroatoms. The Morgan fingerprint density at radius 3 is 1.47 bits per heavy atom. The predicted octanol–water partition coefficient (Wildman–Crippen LogP) is 6.64. The van der Waals surface area contributed by atoms with Gasteiger partial charge < -0.3 is 9.80 Å². The second-order valence-corrected chi connectivity index (χ2v) is 9.99. The molecule has 2 aromatic rings. The molecule has 0 heterocycles. The molecule has 0 saturated heterocycles. The maximum atomic E-state index is 12.4. The molecule has 0 aliphatic heterocycles. The van der Waals surface area contributed by atoms with Crippen LogP contribution in [-0.4, -0.2) is 34.7 Å². The lowest BCUT2D eigenvalue weighted by Gasteiger charge is -2.43. The van der Waals surface area contributed by atoms with E-state index in [4.69, 9.17) is 0 Å². The minimum Gasteiger partial charge on any atom is -0.336 e. The first-order valence-corrected chi connectivity index (χ1v) is 13.1. The smallest absolute Gasteiger partial charge is 0.210 e. The van der Waals surface area contributed by atoms with Crippen LogP contribution < -0.4 is 0 Å². The van der Waals surface area contributed by atoms with Gasteiger partial charge in [0.2, 0.25) is 12.8 Å². The Morgan fingerprint density at radius 1 is 0.735 bits per heavy atom. The van der Waals surface area contributed by atoms with E-state index in [9.17, 15) is 9.59 Å². The fourth-order valence-electron chi connectivity index (χ4n) is 5.48. The number of hydrogen-bond donors (Lipinski definition) is 0. The first-order chi connectivity index (χ1) is 16.5. The fraction of sp³-hybridized carbons (Fsp3) is 0.533. The molecule has 0 bridgehead atoms. The lowest BCUT2D eigenvalue weighted by molar-refractivity contribution is -0.129. The highest BCUT2D eigenvalue weighted by Crippen LogP contribution is 2.31. The summed E-state index contributed by atoms with van der Waals surface area (Å²) >= 11 is 0. The van der Waals surface area contributed by atoms with Crippen molar-refractivity contribution in [3.05, 3.63) is 70.8 Å². The molecule has 1 aliphatic carbocycles. The Bertz CT molecular complexity index is 852. The maximum Gasteiger partial charge on any atom is 0.210 e. The van der Waals surface area contributed by atoms with E-state index in [1.807, 2.05) is 9.80 Å². The third-order valence-corrected chi connectivity index (χ3v) is 7.92. The number of carbonyl (C=O) groups is 2. The molecule has 34 heavy (non-hydrogen) atoms. The molecule has 1 fully saturated rings. The number of hydrogen-bond acceptors (Lipinski definition) is 2. The monoisotopic (exact) mass is 462 g/mol. The van der Waals surface area contributed by atoms with Crippen LogP contribution in [0.2, 0.25) is 0 Å². The van der Waals surface area contributed by atoms with Crippen molar-refractivity contribution in [1.82, 2.24) is 9.80 Å². The Kier molecular flexibility index (Phi) is 9.74. The number of rotatable bonds is 12. The lowest BCUT2D eigenvalue weighted by Crippen LogP contribution is -2.52. The standard InChI is InChI=1S/C30H42N2O2/c1-5-23(3)27-15-9-7-13-25(27)19-31(21-33)29-17-11-12-18-30(29)32(22-34)20-26-14-8-10-16-28(26)24(4)6-2/h7-10,13-16,21-24,29-30H,5-6,11-12,17-20H2,1-4H3/t23?,24?,29-,30-/m1/s1. The highest BCUT2D eigenvalue weighted by molar-refractivity contribution is 5.52. The van der Waals surface area contributed by atoms with E-state index in [-0.39, 0.29) is 12.1 Å². The first-order valence-electron chi connectivity index (χ1n) is 13.1. The van der Waals surface area contributed by atoms with Crippen molar-refractivity contribution < 1.29 is 9.59 Å². The number of nitrogens with zero attached hydrogens (tertiary/aromatic N) is 2. The van der Waals surface area contributed by atoms with Gasteiger partial charge in [0.05, 0.1) is 12.1 Å². The summed E-state index contributed by atoms with van der Waals surface area (Å²) in [5, 5.41) is 0. The third kappa shape index (κ3) is 6.08. The molecule has 0 aromatic heterocycles. The van der Waals surface area contributed by atoms with Gasteiger partial charge in [0.15, 0.2) is 0 Å². The number of benzene rings is 2. The topological polar surface area (TPSA) is 40.6 Å². The van der Waals surface area contributed by atoms with E-state index in [0.717, 1.165) is 51.3 Å². The van der Waals surface area contributed by atoms with Gasteiger partial charge in [-0.15, -0.1) is 0 Å². The number of amides is 2. The van der Waals surface area contributed by atoms with Crippen molar-refractivity contribution in [2.45, 2.75) is 103 Å². The van der Waals surface area contributed by atoms with Gasteiger partial charge >= 0.3 is 0 Å². The molecular formula is C30H42N2O2. The Balaban J connectivity index is 1.85. The van der Waals surface area contributed by atoms with Crippen LogP contribution in [0, 0.1) is 0 Å². The Morgan fingerprint density at radius 2 is 1.12 bits per heavy atom. The van der Waals surface area contributed by atoms with Crippen LogP contribution in [-0.2, 0) is 22.7 Å². The Labute approximate surface area is 206 Å². The molecule has 0 spiro atoms. The highest BCUT2D eigenvalue weighted by Gasteiger charge is 2.34. The van der Waals surface area contributed by atoms with Crippen LogP contribution in [0.3, 0.4) is 0 Å². The van der Waals surface area contributed by atoms with Crippen molar-refractivity contribution in [3.63, 3.8) is 0 Å². The van der Waals surface area contributed by atoms with E-state index in [1.54, 1.807) is 0 Å². The molecule has 0 N–H and O–H groups in total. The van der Waals surface area contributed by atoms with Gasteiger partial charge in [0.25, 0.3) is 0 Å². The zero-order chi connectivity index (χ0) is 24.5. The summed E-state index contributed by atoms with van der Waals surface area (Å²) in [6.45, 7) is 10.1. The second-order valence-electron chi connectivity index (χ2n) is 9.99. The van der Waals surface area contributed by atoms with Crippen LogP contribution >= 0.6 is 0 Å². The van der Waals surface area contributed by atoms with Crippen LogP contribution in [0.1, 0.15) is 100 Å². The summed E-state index contributed by atoms with van der Waals surface area (Å²) in [7, 11) is 0. The van der Waals surface area contributed by atoms with E-state index >= 15 is 0 Å². The molecule has 4 nitrogen and oxygen atoms in total. The molecule has 4 atom stereocenters. The summed E-state index contributed by atoms with van der Waals surface area (Å²) < 4.78 is 0. The van der Waals surface area contributed by atoms with Crippen molar-refractivity contribution in [2.75, 3.05) is 0 Å². The van der Waals surface area contributed by atoms with Gasteiger partial charge in [0, 0.05) is 13.1 Å². The largest absolute Gasteiger partial charge is 0.336 e. The normalized spacial score (nSPS) is 19.8. The summed E-state index contributed by atoms with van der Waals surface area (Å²) in [6.07, 6.45) is 8.21. The highest BCUT2D eigenvalue weighted by atomic mass is 16.1. The van der Waals surface area contributed by atoms with Crippen molar-refractivity contribution in [2.24, 2.45) is 0 Å². The van der Waals surface area contributed by atoms with Gasteiger partial charge in [-0.05, 0) is 59.8 Å². The second kappa shape index (κ2) is 12.7. The van der Waals surface area contributed by atoms with Gasteiger partial charge in [0.1, 0.15) is 0 Å². The van der Waals surface area contributed by atoms with Crippen LogP contribution in [0.5, 0.6) is 0 Å². The zero-order valence-corrected chi connectivity index (χ0v) is 21.5. The first kappa shape index (κ1) is 26.0. The maximum absolute atomic E-state index is 12.4. The van der Waals surface area contributed by atoms with Crippen molar-refractivity contribution >= 4 is 12.8 Å². The zero-order valence-electron chi connectivity index (χ0n) is 21.5. The van der Waals surface area contributed by atoms with E-state index in [0.29, 0.717) is 24.9 Å². The quantitative estimate of drug-likeness (QED) is 0.332. The van der Waals surface area contributed by atoms with Gasteiger partial charge in [-0.3, -0.25) is 9.59 Å². The van der Waals surface area contributed by atoms with Crippen LogP contribution in [0.25, 0.3) is 0 Å². The van der Waals surface area contributed by atoms with Crippen molar-refractivity contribution in [1.29, 1.82) is 0 Å². The van der Waals surface area contributed by atoms with Gasteiger partial charge in [-0.1, -0.05) is 89.1 Å². The predicted molar refractivity (Wildman–Crippen MR) is 140 cm³/mol. The summed E-state index contributed by atoms with van der Waals surface area (Å²) in [6, 6.07) is 17.0. The average molecular weight is 463 g/mol. The molecular weight excluding hydrogens is 420 g/mol. The minimum atomic E-state index is 0.0391. The van der Waals surface area contributed by atoms with Gasteiger partial charge in [-0.2, -0.15) is 0 Å². The van der Waals surface area contributed by atoms with Crippen LogP contribution in [0.4, 0.5) is 0 Å². The molecule has 184 valence electrons. The SMILES string of the molecule is CCC(C)c1ccccc1CN(C=O)[C@@H]1CCCC[C@H]1N(C=O)Cc1ccccc1C(C)CC. The lowest BCUT2D eigenvalue weighted by atomic mass is 9.86. The summed E-state index contributed by atoms with van der Waals surface area (Å²) in [4.78, 5) is 28.7. The van der Waals surface area contributed by atoms with Crippen molar-refractivity contribution in [3.8, 4) is 0 Å². The number of carbonyl (C=O) groups excluding carboxylic acids is 2. The molecule has 2 unspecified atom stereocenters.